The third kappa shape index (κ3) is 4.99. The number of hydrogen-bond acceptors (Lipinski definition) is 5. The second-order valence-corrected chi connectivity index (χ2v) is 9.82. The number of nitrogens with zero attached hydrogens (tertiary/aromatic N) is 4. The van der Waals surface area contributed by atoms with Crippen molar-refractivity contribution in [3.8, 4) is 0 Å². The lowest BCUT2D eigenvalue weighted by atomic mass is 9.75. The van der Waals surface area contributed by atoms with E-state index in [1.807, 2.05) is 56.4 Å². The highest BCUT2D eigenvalue weighted by Gasteiger charge is 2.55. The number of carbonyl (C=O) groups is 3. The zero-order valence-electron chi connectivity index (χ0n) is 20.6. The van der Waals surface area contributed by atoms with Gasteiger partial charge in [-0.2, -0.15) is 0 Å². The van der Waals surface area contributed by atoms with E-state index in [0.29, 0.717) is 26.2 Å². The van der Waals surface area contributed by atoms with Gasteiger partial charge < -0.3 is 9.80 Å². The molecule has 3 amide bonds. The Morgan fingerprint density at radius 3 is 2.43 bits per heavy atom. The Bertz CT molecular complexity index is 1090. The number of amides is 3. The number of hydrogen-bond donors (Lipinski definition) is 0. The van der Waals surface area contributed by atoms with E-state index >= 15 is 4.39 Å². The van der Waals surface area contributed by atoms with Crippen LogP contribution < -0.4 is 0 Å². The molecular formula is C27H33FN4O3. The van der Waals surface area contributed by atoms with Crippen molar-refractivity contribution in [2.75, 3.05) is 53.9 Å². The fraction of sp³-hybridized carbons (Fsp3) is 0.444. The van der Waals surface area contributed by atoms with Crippen LogP contribution in [0.15, 0.2) is 54.6 Å². The van der Waals surface area contributed by atoms with Crippen LogP contribution in [0.2, 0.25) is 0 Å². The zero-order chi connectivity index (χ0) is 25.2. The van der Waals surface area contributed by atoms with Crippen molar-refractivity contribution < 1.29 is 18.8 Å². The molecule has 0 N–H and O–H groups in total. The minimum Gasteiger partial charge on any atom is -0.339 e. The number of likely N-dealkylation sites (N-methyl/N-ethyl adjacent to an activating group) is 2. The van der Waals surface area contributed by atoms with Crippen LogP contribution in [0.1, 0.15) is 30.0 Å². The molecule has 0 aliphatic carbocycles. The van der Waals surface area contributed by atoms with Crippen LogP contribution in [-0.4, -0.2) is 91.2 Å². The van der Waals surface area contributed by atoms with Crippen LogP contribution in [-0.2, 0) is 19.8 Å². The Morgan fingerprint density at radius 2 is 1.74 bits per heavy atom. The summed E-state index contributed by atoms with van der Waals surface area (Å²) in [6, 6.07) is 16.0. The molecule has 2 aromatic carbocycles. The standard InChI is InChI=1S/C27H33FN4O3/c1-29(2)13-16-32-25(34)18-27(26(32)35,21-11-7-8-12-22(21)28)17-24(33)31-15-14-30(3)23(19-31)20-9-5-4-6-10-20/h4-12,23H,13-19H2,1-3H3/t23-,27+/m1/s1. The molecule has 7 nitrogen and oxygen atoms in total. The maximum atomic E-state index is 15.0. The fourth-order valence-corrected chi connectivity index (χ4v) is 5.13. The van der Waals surface area contributed by atoms with Crippen molar-refractivity contribution in [3.05, 3.63) is 71.5 Å². The van der Waals surface area contributed by atoms with Gasteiger partial charge in [0.05, 0.1) is 11.5 Å². The number of halogens is 1. The average Bonchev–Trinajstić information content (AvgIpc) is 3.08. The molecule has 2 fully saturated rings. The molecule has 0 saturated carbocycles. The first-order chi connectivity index (χ1) is 16.7. The second-order valence-electron chi connectivity index (χ2n) is 9.82. The number of piperazine rings is 1. The maximum Gasteiger partial charge on any atom is 0.241 e. The number of likely N-dealkylation sites (tertiary alicyclic amines) is 1. The van der Waals surface area contributed by atoms with Gasteiger partial charge in [-0.15, -0.1) is 0 Å². The van der Waals surface area contributed by atoms with Crippen molar-refractivity contribution in [3.63, 3.8) is 0 Å². The summed E-state index contributed by atoms with van der Waals surface area (Å²) in [5, 5.41) is 0. The topological polar surface area (TPSA) is 64.2 Å². The van der Waals surface area contributed by atoms with Gasteiger partial charge in [0.1, 0.15) is 5.82 Å². The summed E-state index contributed by atoms with van der Waals surface area (Å²) in [5.74, 6) is -1.67. The summed E-state index contributed by atoms with van der Waals surface area (Å²) in [6.45, 7) is 2.37. The lowest BCUT2D eigenvalue weighted by molar-refractivity contribution is -0.143. The molecule has 2 aliphatic rings. The Morgan fingerprint density at radius 1 is 1.06 bits per heavy atom. The first-order valence-electron chi connectivity index (χ1n) is 12.0. The predicted molar refractivity (Wildman–Crippen MR) is 131 cm³/mol. The summed E-state index contributed by atoms with van der Waals surface area (Å²) < 4.78 is 15.0. The molecule has 0 radical (unpaired) electrons. The molecule has 2 aliphatic heterocycles. The largest absolute Gasteiger partial charge is 0.339 e. The van der Waals surface area contributed by atoms with E-state index in [1.54, 1.807) is 17.0 Å². The minimum absolute atomic E-state index is 0.0239. The third-order valence-corrected chi connectivity index (χ3v) is 7.21. The number of imide groups is 1. The summed E-state index contributed by atoms with van der Waals surface area (Å²) in [6.07, 6.45) is -0.440. The third-order valence-electron chi connectivity index (χ3n) is 7.21. The van der Waals surface area contributed by atoms with Crippen molar-refractivity contribution >= 4 is 17.7 Å². The monoisotopic (exact) mass is 480 g/mol. The Balaban J connectivity index is 1.62. The van der Waals surface area contributed by atoms with E-state index in [1.165, 1.54) is 17.0 Å². The van der Waals surface area contributed by atoms with Crippen molar-refractivity contribution in [1.29, 1.82) is 0 Å². The first kappa shape index (κ1) is 25.0. The van der Waals surface area contributed by atoms with E-state index in [0.717, 1.165) is 5.56 Å². The molecule has 2 saturated heterocycles. The molecule has 35 heavy (non-hydrogen) atoms. The van der Waals surface area contributed by atoms with Crippen LogP contribution in [0.5, 0.6) is 0 Å². The first-order valence-corrected chi connectivity index (χ1v) is 12.0. The highest BCUT2D eigenvalue weighted by molar-refractivity contribution is 6.10. The second kappa shape index (κ2) is 10.3. The maximum absolute atomic E-state index is 15.0. The molecule has 0 unspecified atom stereocenters. The van der Waals surface area contributed by atoms with Gasteiger partial charge in [-0.3, -0.25) is 24.2 Å². The van der Waals surface area contributed by atoms with Crippen molar-refractivity contribution in [2.24, 2.45) is 0 Å². The van der Waals surface area contributed by atoms with Crippen LogP contribution in [0.3, 0.4) is 0 Å². The van der Waals surface area contributed by atoms with E-state index in [9.17, 15) is 14.4 Å². The predicted octanol–water partition coefficient (Wildman–Crippen LogP) is 2.29. The summed E-state index contributed by atoms with van der Waals surface area (Å²) in [7, 11) is 5.74. The van der Waals surface area contributed by atoms with E-state index in [-0.39, 0.29) is 42.8 Å². The normalized spacial score (nSPS) is 23.4. The van der Waals surface area contributed by atoms with E-state index in [4.69, 9.17) is 0 Å². The lowest BCUT2D eigenvalue weighted by Crippen LogP contribution is -2.51. The average molecular weight is 481 g/mol. The molecule has 0 aromatic heterocycles. The zero-order valence-corrected chi connectivity index (χ0v) is 20.6. The lowest BCUT2D eigenvalue weighted by Gasteiger charge is -2.41. The van der Waals surface area contributed by atoms with Gasteiger partial charge in [0.2, 0.25) is 17.7 Å². The Hall–Kier alpha value is -3.10. The summed E-state index contributed by atoms with van der Waals surface area (Å²) in [5.41, 5.74) is -0.302. The summed E-state index contributed by atoms with van der Waals surface area (Å²) >= 11 is 0. The minimum atomic E-state index is -1.53. The Labute approximate surface area is 206 Å². The molecule has 2 atom stereocenters. The quantitative estimate of drug-likeness (QED) is 0.569. The van der Waals surface area contributed by atoms with Crippen LogP contribution in [0.25, 0.3) is 0 Å². The molecule has 2 aromatic rings. The molecule has 186 valence electrons. The van der Waals surface area contributed by atoms with Crippen molar-refractivity contribution in [1.82, 2.24) is 19.6 Å². The van der Waals surface area contributed by atoms with Crippen LogP contribution in [0.4, 0.5) is 4.39 Å². The van der Waals surface area contributed by atoms with Crippen LogP contribution in [0, 0.1) is 5.82 Å². The molecule has 4 rings (SSSR count). The Kier molecular flexibility index (Phi) is 7.33. The number of benzene rings is 2. The highest BCUT2D eigenvalue weighted by Crippen LogP contribution is 2.41. The molecule has 0 bridgehead atoms. The number of rotatable bonds is 7. The van der Waals surface area contributed by atoms with Gasteiger partial charge >= 0.3 is 0 Å². The SMILES string of the molecule is CN(C)CCN1C(=O)C[C@@](CC(=O)N2CCN(C)[C@@H](c3ccccc3)C2)(c2ccccc2F)C1=O. The van der Waals surface area contributed by atoms with E-state index < -0.39 is 17.1 Å². The van der Waals surface area contributed by atoms with Crippen molar-refractivity contribution in [2.45, 2.75) is 24.3 Å². The molecule has 2 heterocycles. The smallest absolute Gasteiger partial charge is 0.241 e. The summed E-state index contributed by atoms with van der Waals surface area (Å²) in [4.78, 5) is 47.3. The number of carbonyl (C=O) groups excluding carboxylic acids is 3. The van der Waals surface area contributed by atoms with Gasteiger partial charge in [-0.25, -0.2) is 4.39 Å². The molecule has 8 heteroatoms. The van der Waals surface area contributed by atoms with Gasteiger partial charge in [0.15, 0.2) is 0 Å². The fourth-order valence-electron chi connectivity index (χ4n) is 5.13. The van der Waals surface area contributed by atoms with Gasteiger partial charge in [-0.05, 0) is 32.8 Å². The van der Waals surface area contributed by atoms with Crippen LogP contribution >= 0.6 is 0 Å². The molecule has 0 spiro atoms. The molecular weight excluding hydrogens is 447 g/mol. The van der Waals surface area contributed by atoms with Gasteiger partial charge in [0, 0.05) is 51.1 Å². The van der Waals surface area contributed by atoms with E-state index in [2.05, 4.69) is 4.90 Å². The van der Waals surface area contributed by atoms with Gasteiger partial charge in [-0.1, -0.05) is 48.5 Å². The highest BCUT2D eigenvalue weighted by atomic mass is 19.1. The van der Waals surface area contributed by atoms with Gasteiger partial charge in [0.25, 0.3) is 0 Å².